The first kappa shape index (κ1) is 17.3. The zero-order valence-corrected chi connectivity index (χ0v) is 16.2. The average molecular weight is 423 g/mol. The van der Waals surface area contributed by atoms with Crippen molar-refractivity contribution in [2.24, 2.45) is 0 Å². The zero-order valence-electron chi connectivity index (χ0n) is 13.0. The van der Waals surface area contributed by atoms with Gasteiger partial charge in [-0.05, 0) is 30.0 Å². The Hall–Kier alpha value is -2.07. The smallest absolute Gasteiger partial charge is 0.188 e. The van der Waals surface area contributed by atoms with Crippen molar-refractivity contribution < 1.29 is 9.32 Å². The summed E-state index contributed by atoms with van der Waals surface area (Å²) in [5.74, 6) is 0.137. The van der Waals surface area contributed by atoms with Crippen LogP contribution in [0, 0.1) is 0 Å². The number of benzene rings is 2. The number of aromatic hydroxyl groups is 1. The average Bonchev–Trinajstić information content (AvgIpc) is 3.30. The number of H-pyrrole nitrogens is 1. The van der Waals surface area contributed by atoms with Crippen LogP contribution in [0.1, 0.15) is 0 Å². The lowest BCUT2D eigenvalue weighted by molar-refractivity contribution is 0.469. The molecule has 2 aromatic carbocycles. The molecule has 0 saturated carbocycles. The highest BCUT2D eigenvalue weighted by Gasteiger charge is 2.16. The third-order valence-corrected chi connectivity index (χ3v) is 7.07. The Bertz CT molecular complexity index is 1100. The Morgan fingerprint density at radius 3 is 2.73 bits per heavy atom. The summed E-state index contributed by atoms with van der Waals surface area (Å²) >= 11 is 8.43. The number of hydrogen-bond donors (Lipinski definition) is 3. The minimum atomic E-state index is -1.47. The molecule has 1 atom stereocenters. The third-order valence-electron chi connectivity index (χ3n) is 3.51. The first-order chi connectivity index (χ1) is 12.6. The number of fused-ring (bicyclic) bond motifs is 1. The molecule has 0 saturated heterocycles. The fraction of sp³-hybridized carbons (Fsp3) is 0. The molecule has 132 valence electrons. The third kappa shape index (κ3) is 3.43. The zero-order chi connectivity index (χ0) is 18.1. The number of phenolic OH excluding ortho intramolecular Hbond substituents is 1. The van der Waals surface area contributed by atoms with Gasteiger partial charge < -0.3 is 5.11 Å². The van der Waals surface area contributed by atoms with Crippen LogP contribution in [0.5, 0.6) is 5.75 Å². The van der Waals surface area contributed by atoms with Crippen LogP contribution < -0.4 is 4.72 Å². The fourth-order valence-electron chi connectivity index (χ4n) is 2.39. The molecule has 0 radical (unpaired) electrons. The van der Waals surface area contributed by atoms with Crippen LogP contribution >= 0.6 is 34.7 Å². The van der Waals surface area contributed by atoms with E-state index in [1.807, 2.05) is 24.3 Å². The van der Waals surface area contributed by atoms with Crippen LogP contribution in [-0.4, -0.2) is 24.5 Å². The largest absolute Gasteiger partial charge is 0.506 e. The van der Waals surface area contributed by atoms with Crippen molar-refractivity contribution in [1.29, 1.82) is 0 Å². The maximum atomic E-state index is 12.6. The Morgan fingerprint density at radius 1 is 1.23 bits per heavy atom. The number of halogens is 1. The number of thiophene rings is 1. The maximum Gasteiger partial charge on any atom is 0.188 e. The molecule has 4 aromatic rings. The molecule has 0 spiro atoms. The molecule has 4 rings (SSSR count). The van der Waals surface area contributed by atoms with Gasteiger partial charge in [0, 0.05) is 10.8 Å². The van der Waals surface area contributed by atoms with Gasteiger partial charge in [0.2, 0.25) is 0 Å². The van der Waals surface area contributed by atoms with Gasteiger partial charge in [-0.25, -0.2) is 9.19 Å². The second-order valence-corrected chi connectivity index (χ2v) is 9.32. The van der Waals surface area contributed by atoms with Gasteiger partial charge in [-0.15, -0.1) is 11.3 Å². The molecule has 2 heterocycles. The molecule has 3 N–H and O–H groups in total. The van der Waals surface area contributed by atoms with E-state index in [9.17, 15) is 9.32 Å². The minimum Gasteiger partial charge on any atom is -0.506 e. The van der Waals surface area contributed by atoms with E-state index in [0.29, 0.717) is 29.7 Å². The normalized spacial score (nSPS) is 12.3. The standard InChI is InChI=1S/C16H11ClN4O2S3/c17-13-5-6-14(25-13)26(23)21-11-7-12(24-16-18-8-19-20-16)15(22)10-4-2-1-3-9(10)11/h1-8,21-22H,(H,18,19,20). The van der Waals surface area contributed by atoms with Crippen molar-refractivity contribution in [3.63, 3.8) is 0 Å². The van der Waals surface area contributed by atoms with E-state index >= 15 is 0 Å². The highest BCUT2D eigenvalue weighted by molar-refractivity contribution is 7.99. The molecule has 1 unspecified atom stereocenters. The van der Waals surface area contributed by atoms with Crippen molar-refractivity contribution in [3.05, 3.63) is 53.1 Å². The Balaban J connectivity index is 1.77. The molecule has 10 heteroatoms. The van der Waals surface area contributed by atoms with Gasteiger partial charge >= 0.3 is 0 Å². The van der Waals surface area contributed by atoms with Gasteiger partial charge in [-0.3, -0.25) is 9.82 Å². The lowest BCUT2D eigenvalue weighted by Gasteiger charge is -2.13. The monoisotopic (exact) mass is 422 g/mol. The molecular formula is C16H11ClN4O2S3. The summed E-state index contributed by atoms with van der Waals surface area (Å²) in [6, 6.07) is 12.6. The van der Waals surface area contributed by atoms with Crippen molar-refractivity contribution in [2.45, 2.75) is 14.3 Å². The van der Waals surface area contributed by atoms with Gasteiger partial charge in [0.25, 0.3) is 0 Å². The SMILES string of the molecule is O=S(Nc1cc(Sc2ncn[nH]2)c(O)c2ccccc12)c1ccc(Cl)s1. The summed E-state index contributed by atoms with van der Waals surface area (Å²) in [5.41, 5.74) is 0.642. The van der Waals surface area contributed by atoms with Crippen molar-refractivity contribution in [2.75, 3.05) is 4.72 Å². The minimum absolute atomic E-state index is 0.137. The van der Waals surface area contributed by atoms with E-state index in [0.717, 1.165) is 5.39 Å². The summed E-state index contributed by atoms with van der Waals surface area (Å²) in [4.78, 5) is 4.64. The van der Waals surface area contributed by atoms with Crippen molar-refractivity contribution >= 4 is 62.1 Å². The van der Waals surface area contributed by atoms with Crippen molar-refractivity contribution in [1.82, 2.24) is 15.2 Å². The van der Waals surface area contributed by atoms with Gasteiger partial charge in [-0.2, -0.15) is 5.10 Å². The highest BCUT2D eigenvalue weighted by Crippen LogP contribution is 2.42. The summed E-state index contributed by atoms with van der Waals surface area (Å²) < 4.78 is 16.9. The number of anilines is 1. The van der Waals surface area contributed by atoms with Gasteiger partial charge in [-0.1, -0.05) is 35.9 Å². The van der Waals surface area contributed by atoms with E-state index in [-0.39, 0.29) is 5.75 Å². The van der Waals surface area contributed by atoms with Gasteiger partial charge in [0.15, 0.2) is 16.1 Å². The van der Waals surface area contributed by atoms with E-state index in [2.05, 4.69) is 19.9 Å². The van der Waals surface area contributed by atoms with E-state index in [1.54, 1.807) is 18.2 Å². The van der Waals surface area contributed by atoms with Gasteiger partial charge in [0.05, 0.1) is 14.9 Å². The Labute approximate surface area is 164 Å². The maximum absolute atomic E-state index is 12.6. The molecule has 0 fully saturated rings. The summed E-state index contributed by atoms with van der Waals surface area (Å²) in [6.45, 7) is 0. The molecule has 0 amide bonds. The molecular weight excluding hydrogens is 412 g/mol. The number of phenols is 1. The van der Waals surface area contributed by atoms with Crippen LogP contribution in [0.4, 0.5) is 5.69 Å². The van der Waals surface area contributed by atoms with Crippen LogP contribution in [0.3, 0.4) is 0 Å². The van der Waals surface area contributed by atoms with Crippen molar-refractivity contribution in [3.8, 4) is 5.75 Å². The second-order valence-electron chi connectivity index (χ2n) is 5.14. The predicted molar refractivity (Wildman–Crippen MR) is 105 cm³/mol. The molecule has 26 heavy (non-hydrogen) atoms. The lowest BCUT2D eigenvalue weighted by Crippen LogP contribution is -2.04. The van der Waals surface area contributed by atoms with E-state index in [4.69, 9.17) is 11.6 Å². The molecule has 0 bridgehead atoms. The molecule has 0 aliphatic carbocycles. The van der Waals surface area contributed by atoms with Gasteiger partial charge in [0.1, 0.15) is 16.3 Å². The number of aromatic amines is 1. The Kier molecular flexibility index (Phi) is 4.86. The molecule has 0 aliphatic rings. The van der Waals surface area contributed by atoms with Crippen LogP contribution in [0.2, 0.25) is 4.34 Å². The number of nitrogens with zero attached hydrogens (tertiary/aromatic N) is 2. The highest BCUT2D eigenvalue weighted by atomic mass is 35.5. The first-order valence-electron chi connectivity index (χ1n) is 7.33. The first-order valence-corrected chi connectivity index (χ1v) is 10.5. The van der Waals surface area contributed by atoms with Crippen LogP contribution in [0.15, 0.2) is 63.1 Å². The molecule has 0 aliphatic heterocycles. The Morgan fingerprint density at radius 2 is 2.04 bits per heavy atom. The van der Waals surface area contributed by atoms with E-state index in [1.165, 1.54) is 29.4 Å². The number of hydrogen-bond acceptors (Lipinski definition) is 6. The van der Waals surface area contributed by atoms with Crippen LogP contribution in [-0.2, 0) is 11.0 Å². The number of aromatic nitrogens is 3. The summed E-state index contributed by atoms with van der Waals surface area (Å²) in [7, 11) is -1.47. The summed E-state index contributed by atoms with van der Waals surface area (Å²) in [5, 5.41) is 19.2. The quantitative estimate of drug-likeness (QED) is 0.407. The lowest BCUT2D eigenvalue weighted by atomic mass is 10.1. The van der Waals surface area contributed by atoms with E-state index < -0.39 is 11.0 Å². The predicted octanol–water partition coefficient (Wildman–Crippen LogP) is 4.66. The summed E-state index contributed by atoms with van der Waals surface area (Å²) in [6.07, 6.45) is 1.40. The second kappa shape index (κ2) is 7.28. The fourth-order valence-corrected chi connectivity index (χ4v) is 5.45. The number of rotatable bonds is 5. The molecule has 6 nitrogen and oxygen atoms in total. The molecule has 2 aromatic heterocycles. The topological polar surface area (TPSA) is 90.9 Å². The number of nitrogens with one attached hydrogen (secondary N) is 2. The van der Waals surface area contributed by atoms with Crippen LogP contribution in [0.25, 0.3) is 10.8 Å².